The average molecular weight is 554 g/mol. The summed E-state index contributed by atoms with van der Waals surface area (Å²) in [6.45, 7) is 6.10. The molecule has 2 atom stereocenters. The first kappa shape index (κ1) is 25.8. The fourth-order valence-electron chi connectivity index (χ4n) is 6.06. The van der Waals surface area contributed by atoms with Gasteiger partial charge in [0.05, 0.1) is 28.2 Å². The number of benzene rings is 2. The van der Waals surface area contributed by atoms with Crippen LogP contribution in [0.2, 0.25) is 5.02 Å². The maximum atomic E-state index is 13.9. The normalized spacial score (nSPS) is 20.0. The first-order valence-corrected chi connectivity index (χ1v) is 13.6. The van der Waals surface area contributed by atoms with Crippen molar-refractivity contribution in [2.45, 2.75) is 32.2 Å². The van der Waals surface area contributed by atoms with Crippen LogP contribution in [0, 0.1) is 24.2 Å². The summed E-state index contributed by atoms with van der Waals surface area (Å²) in [5.41, 5.74) is 3.10. The van der Waals surface area contributed by atoms with Gasteiger partial charge < -0.3 is 15.1 Å². The van der Waals surface area contributed by atoms with E-state index in [4.69, 9.17) is 16.9 Å². The van der Waals surface area contributed by atoms with Gasteiger partial charge in [-0.25, -0.2) is 9.97 Å². The van der Waals surface area contributed by atoms with E-state index in [2.05, 4.69) is 27.1 Å². The highest BCUT2D eigenvalue weighted by molar-refractivity contribution is 6.31. The highest BCUT2D eigenvalue weighted by Crippen LogP contribution is 2.45. The van der Waals surface area contributed by atoms with Gasteiger partial charge in [0.25, 0.3) is 5.91 Å². The summed E-state index contributed by atoms with van der Waals surface area (Å²) in [5.74, 6) is 0.727. The Hall–Kier alpha value is -4.42. The third kappa shape index (κ3) is 4.07. The predicted molar refractivity (Wildman–Crippen MR) is 154 cm³/mol. The van der Waals surface area contributed by atoms with E-state index in [-0.39, 0.29) is 23.8 Å². The Labute approximate surface area is 237 Å². The Balaban J connectivity index is 1.30. The molecule has 4 aromatic rings. The molecule has 6 rings (SSSR count). The first-order valence-electron chi connectivity index (χ1n) is 13.2. The summed E-state index contributed by atoms with van der Waals surface area (Å²) in [7, 11) is 0. The molecule has 0 saturated carbocycles. The molecule has 1 spiro atoms. The van der Waals surface area contributed by atoms with Crippen LogP contribution >= 0.6 is 11.6 Å². The molecular formula is C30H28ClN7O2. The zero-order valence-electron chi connectivity index (χ0n) is 22.3. The molecular weight excluding hydrogens is 526 g/mol. The Morgan fingerprint density at radius 2 is 1.95 bits per heavy atom. The van der Waals surface area contributed by atoms with Gasteiger partial charge in [0.1, 0.15) is 18.6 Å². The fourth-order valence-corrected chi connectivity index (χ4v) is 6.24. The maximum Gasteiger partial charge on any atom is 0.265 e. The molecule has 2 aromatic carbocycles. The molecule has 2 fully saturated rings. The Morgan fingerprint density at radius 1 is 1.15 bits per heavy atom. The zero-order valence-corrected chi connectivity index (χ0v) is 23.0. The van der Waals surface area contributed by atoms with Crippen LogP contribution in [0.15, 0.2) is 61.1 Å². The zero-order chi connectivity index (χ0) is 28.0. The molecule has 0 unspecified atom stereocenters. The summed E-state index contributed by atoms with van der Waals surface area (Å²) in [4.78, 5) is 39.5. The lowest BCUT2D eigenvalue weighted by atomic mass is 9.74. The third-order valence-electron chi connectivity index (χ3n) is 8.40. The summed E-state index contributed by atoms with van der Waals surface area (Å²) in [5, 5.41) is 13.8. The van der Waals surface area contributed by atoms with Crippen LogP contribution in [0.3, 0.4) is 0 Å². The predicted octanol–water partition coefficient (Wildman–Crippen LogP) is 5.17. The molecule has 40 heavy (non-hydrogen) atoms. The number of likely N-dealkylation sites (tertiary alicyclic amines) is 1. The number of anilines is 3. The minimum absolute atomic E-state index is 0.107. The van der Waals surface area contributed by atoms with E-state index < -0.39 is 0 Å². The molecule has 4 heterocycles. The van der Waals surface area contributed by atoms with Crippen LogP contribution in [0.5, 0.6) is 0 Å². The monoisotopic (exact) mass is 553 g/mol. The number of para-hydroxylation sites is 1. The number of carbonyl (C=O) groups excluding carboxylic acids is 2. The van der Waals surface area contributed by atoms with Crippen LogP contribution in [-0.4, -0.2) is 56.4 Å². The topological polar surface area (TPSA) is 107 Å². The van der Waals surface area contributed by atoms with Gasteiger partial charge in [-0.2, -0.15) is 5.26 Å². The molecule has 2 aliphatic heterocycles. The number of rotatable bonds is 5. The summed E-state index contributed by atoms with van der Waals surface area (Å²) in [6, 6.07) is 16.8. The lowest BCUT2D eigenvalue weighted by Crippen LogP contribution is -2.69. The molecule has 0 radical (unpaired) electrons. The molecule has 202 valence electrons. The Bertz CT molecular complexity index is 1690. The summed E-state index contributed by atoms with van der Waals surface area (Å²) in [6.07, 6.45) is 3.91. The maximum absolute atomic E-state index is 13.9. The van der Waals surface area contributed by atoms with Crippen LogP contribution in [0.25, 0.3) is 11.0 Å². The van der Waals surface area contributed by atoms with E-state index >= 15 is 0 Å². The second-order valence-electron chi connectivity index (χ2n) is 10.5. The molecule has 0 aliphatic carbocycles. The van der Waals surface area contributed by atoms with E-state index in [0.29, 0.717) is 40.9 Å². The van der Waals surface area contributed by atoms with E-state index in [9.17, 15) is 9.59 Å². The lowest BCUT2D eigenvalue weighted by Gasteiger charge is -2.55. The van der Waals surface area contributed by atoms with Crippen molar-refractivity contribution >= 4 is 51.6 Å². The number of amides is 1. The number of nitrogens with one attached hydrogen (secondary N) is 1. The van der Waals surface area contributed by atoms with E-state index in [0.717, 1.165) is 35.4 Å². The number of aromatic nitrogens is 3. The van der Waals surface area contributed by atoms with Crippen LogP contribution in [0.4, 0.5) is 17.2 Å². The number of fused-ring (bicyclic) bond motifs is 1. The highest BCUT2D eigenvalue weighted by Gasteiger charge is 2.56. The molecule has 1 N–H and O–H groups in total. The number of nitrogens with zero attached hydrogens (tertiary/aromatic N) is 6. The highest BCUT2D eigenvalue weighted by atomic mass is 35.5. The third-order valence-corrected chi connectivity index (χ3v) is 8.80. The molecule has 0 bridgehead atoms. The minimum Gasteiger partial charge on any atom is -0.355 e. The van der Waals surface area contributed by atoms with Gasteiger partial charge in [-0.15, -0.1) is 0 Å². The van der Waals surface area contributed by atoms with Crippen molar-refractivity contribution in [2.75, 3.05) is 29.9 Å². The average Bonchev–Trinajstić information content (AvgIpc) is 3.61. The van der Waals surface area contributed by atoms with Crippen molar-refractivity contribution in [3.8, 4) is 6.07 Å². The molecule has 2 saturated heterocycles. The van der Waals surface area contributed by atoms with Crippen molar-refractivity contribution in [3.63, 3.8) is 0 Å². The van der Waals surface area contributed by atoms with E-state index in [1.165, 1.54) is 6.33 Å². The number of hydrogen-bond acceptors (Lipinski definition) is 7. The van der Waals surface area contributed by atoms with Gasteiger partial charge in [-0.3, -0.25) is 14.2 Å². The smallest absolute Gasteiger partial charge is 0.265 e. The fraction of sp³-hybridized carbons (Fsp3) is 0.300. The number of halogens is 1. The van der Waals surface area contributed by atoms with Crippen LogP contribution < -0.4 is 10.2 Å². The number of carbonyl (C=O) groups is 2. The second-order valence-corrected chi connectivity index (χ2v) is 10.9. The number of hydrogen-bond donors (Lipinski definition) is 1. The van der Waals surface area contributed by atoms with Crippen molar-refractivity contribution in [1.82, 2.24) is 19.4 Å². The van der Waals surface area contributed by atoms with Crippen molar-refractivity contribution in [1.29, 1.82) is 5.26 Å². The van der Waals surface area contributed by atoms with Crippen LogP contribution in [0.1, 0.15) is 35.7 Å². The van der Waals surface area contributed by atoms with Gasteiger partial charge in [0.15, 0.2) is 5.65 Å². The molecule has 2 aliphatic rings. The Kier molecular flexibility index (Phi) is 6.43. The van der Waals surface area contributed by atoms with Gasteiger partial charge >= 0.3 is 0 Å². The number of nitriles is 1. The van der Waals surface area contributed by atoms with Gasteiger partial charge in [0, 0.05) is 36.5 Å². The first-order chi connectivity index (χ1) is 19.3. The summed E-state index contributed by atoms with van der Waals surface area (Å²) >= 11 is 6.31. The summed E-state index contributed by atoms with van der Waals surface area (Å²) < 4.78 is 1.55. The Morgan fingerprint density at radius 3 is 2.75 bits per heavy atom. The van der Waals surface area contributed by atoms with Crippen molar-refractivity contribution < 1.29 is 9.59 Å². The van der Waals surface area contributed by atoms with Gasteiger partial charge in [-0.05, 0) is 55.2 Å². The molecule has 10 heteroatoms. The largest absolute Gasteiger partial charge is 0.355 e. The second kappa shape index (κ2) is 9.96. The van der Waals surface area contributed by atoms with Gasteiger partial charge in [0.2, 0.25) is 5.91 Å². The molecule has 2 aromatic heterocycles. The SMILES string of the molecule is Cc1c(Cl)cccc1Nc1ccccc1C(=O)n1ccc2c(N3CC[C@]4(C3)[C@@H](C)CN4C(=O)CC#N)ncnc21. The minimum atomic E-state index is -0.299. The van der Waals surface area contributed by atoms with E-state index in [1.807, 2.05) is 60.4 Å². The van der Waals surface area contributed by atoms with E-state index in [1.54, 1.807) is 16.8 Å². The van der Waals surface area contributed by atoms with Crippen molar-refractivity contribution in [2.24, 2.45) is 5.92 Å². The lowest BCUT2D eigenvalue weighted by molar-refractivity contribution is -0.152. The molecule has 9 nitrogen and oxygen atoms in total. The van der Waals surface area contributed by atoms with Gasteiger partial charge in [-0.1, -0.05) is 36.7 Å². The molecule has 1 amide bonds. The van der Waals surface area contributed by atoms with Crippen LogP contribution in [-0.2, 0) is 4.79 Å². The quantitative estimate of drug-likeness (QED) is 0.363. The van der Waals surface area contributed by atoms with Crippen molar-refractivity contribution in [3.05, 3.63) is 77.2 Å². The standard InChI is InChI=1S/C30H28ClN7O2/c1-19-16-38(26(39)10-13-32)30(19)12-15-36(17-30)27-22-11-14-37(28(22)34-18-33-27)29(40)21-6-3-4-8-25(21)35-24-9-5-7-23(31)20(24)2/h3-9,11,14,18-19,35H,10,12,15-17H2,1-2H3/t19-,30-/m0/s1.